The van der Waals surface area contributed by atoms with Gasteiger partial charge in [-0.1, -0.05) is 103 Å². The number of halogens is 2. The fourth-order valence-corrected chi connectivity index (χ4v) is 7.21. The van der Waals surface area contributed by atoms with Crippen molar-refractivity contribution in [2.24, 2.45) is 0 Å². The minimum Gasteiger partial charge on any atom is -0.456 e. The van der Waals surface area contributed by atoms with Gasteiger partial charge in [-0.3, -0.25) is 0 Å². The van der Waals surface area contributed by atoms with E-state index in [4.69, 9.17) is 4.42 Å². The second kappa shape index (κ2) is 9.11. The minimum atomic E-state index is -0.200. The Morgan fingerprint density at radius 2 is 1.16 bits per heavy atom. The number of rotatable bonds is 2. The van der Waals surface area contributed by atoms with E-state index >= 15 is 8.78 Å². The molecule has 0 spiro atoms. The van der Waals surface area contributed by atoms with Crippen LogP contribution in [-0.2, 0) is 6.42 Å². The average Bonchev–Trinajstić information content (AvgIpc) is 3.44. The summed E-state index contributed by atoms with van der Waals surface area (Å²) in [6.45, 7) is 0. The monoisotopic (exact) mass is 558 g/mol. The lowest BCUT2D eigenvalue weighted by atomic mass is 9.83. The van der Waals surface area contributed by atoms with E-state index in [9.17, 15) is 0 Å². The SMILES string of the molecule is Fc1c2c(c(-c3cccc4oc5cc(-c6c7ccccc7c(F)c7ccccc67)ccc5c34)c3ccccc13)CCC=C2. The van der Waals surface area contributed by atoms with Crippen molar-refractivity contribution in [1.82, 2.24) is 0 Å². The molecule has 0 amide bonds. The number of allylic oxidation sites excluding steroid dienone is 1. The third kappa shape index (κ3) is 3.42. The molecule has 0 radical (unpaired) electrons. The fourth-order valence-electron chi connectivity index (χ4n) is 7.21. The van der Waals surface area contributed by atoms with E-state index in [-0.39, 0.29) is 11.6 Å². The van der Waals surface area contributed by atoms with Crippen molar-refractivity contribution < 1.29 is 13.2 Å². The average molecular weight is 559 g/mol. The standard InChI is InChI=1S/C40H24F2O/c41-39-28-14-5-1-10-24(28)36(25-11-2-6-15-29(25)39)23-20-21-32-35(22-23)43-34-19-9-18-33(38(32)34)37-26-12-3-7-16-30(26)40(42)31-17-8-4-13-27(31)37/h1-3,5-12,14-22H,4,13H2. The molecule has 43 heavy (non-hydrogen) atoms. The first kappa shape index (κ1) is 24.3. The first-order valence-corrected chi connectivity index (χ1v) is 14.6. The molecule has 1 aliphatic carbocycles. The molecule has 0 unspecified atom stereocenters. The molecule has 3 heteroatoms. The van der Waals surface area contributed by atoms with Gasteiger partial charge in [0.25, 0.3) is 0 Å². The Morgan fingerprint density at radius 1 is 0.535 bits per heavy atom. The molecule has 7 aromatic carbocycles. The molecular formula is C40H24F2O. The van der Waals surface area contributed by atoms with Gasteiger partial charge in [0.1, 0.15) is 22.8 Å². The zero-order valence-electron chi connectivity index (χ0n) is 23.1. The number of furan rings is 1. The van der Waals surface area contributed by atoms with Gasteiger partial charge in [0.15, 0.2) is 0 Å². The summed E-state index contributed by atoms with van der Waals surface area (Å²) in [5, 5.41) is 6.50. The highest BCUT2D eigenvalue weighted by Gasteiger charge is 2.24. The third-order valence-corrected chi connectivity index (χ3v) is 9.06. The molecule has 0 bridgehead atoms. The van der Waals surface area contributed by atoms with Crippen LogP contribution < -0.4 is 0 Å². The van der Waals surface area contributed by atoms with E-state index in [0.717, 1.165) is 78.8 Å². The van der Waals surface area contributed by atoms with Gasteiger partial charge < -0.3 is 4.42 Å². The van der Waals surface area contributed by atoms with Crippen LogP contribution in [0.15, 0.2) is 120 Å². The van der Waals surface area contributed by atoms with Crippen molar-refractivity contribution in [3.8, 4) is 22.3 Å². The van der Waals surface area contributed by atoms with Crippen LogP contribution in [0.2, 0.25) is 0 Å². The van der Waals surface area contributed by atoms with Gasteiger partial charge in [-0.05, 0) is 75.0 Å². The van der Waals surface area contributed by atoms with Gasteiger partial charge in [-0.25, -0.2) is 8.78 Å². The molecule has 0 aliphatic heterocycles. The lowest BCUT2D eigenvalue weighted by molar-refractivity contribution is 0.633. The van der Waals surface area contributed by atoms with Gasteiger partial charge in [-0.2, -0.15) is 0 Å². The summed E-state index contributed by atoms with van der Waals surface area (Å²) in [5.41, 5.74) is 7.35. The molecule has 0 saturated heterocycles. The first-order chi connectivity index (χ1) is 21.2. The summed E-state index contributed by atoms with van der Waals surface area (Å²) >= 11 is 0. The Balaban J connectivity index is 1.35. The second-order valence-corrected chi connectivity index (χ2v) is 11.3. The summed E-state index contributed by atoms with van der Waals surface area (Å²) in [6.07, 6.45) is 5.65. The predicted octanol–water partition coefficient (Wildman–Crippen LogP) is 11.6. The fraction of sp³-hybridized carbons (Fsp3) is 0.0500. The van der Waals surface area contributed by atoms with Crippen LogP contribution in [0.4, 0.5) is 8.78 Å². The maximum absolute atomic E-state index is 15.7. The van der Waals surface area contributed by atoms with Crippen LogP contribution in [0.25, 0.3) is 82.6 Å². The number of hydrogen-bond acceptors (Lipinski definition) is 1. The Kier molecular flexibility index (Phi) is 5.15. The van der Waals surface area contributed by atoms with Crippen molar-refractivity contribution in [2.45, 2.75) is 12.8 Å². The molecule has 204 valence electrons. The van der Waals surface area contributed by atoms with Crippen molar-refractivity contribution in [2.75, 3.05) is 0 Å². The largest absolute Gasteiger partial charge is 0.456 e. The zero-order chi connectivity index (χ0) is 28.7. The highest BCUT2D eigenvalue weighted by atomic mass is 19.1. The summed E-state index contributed by atoms with van der Waals surface area (Å²) in [7, 11) is 0. The summed E-state index contributed by atoms with van der Waals surface area (Å²) in [5.74, 6) is -0.355. The lowest BCUT2D eigenvalue weighted by Crippen LogP contribution is -2.03. The predicted molar refractivity (Wildman–Crippen MR) is 174 cm³/mol. The van der Waals surface area contributed by atoms with E-state index in [1.54, 1.807) is 0 Å². The van der Waals surface area contributed by atoms with Crippen LogP contribution in [0.3, 0.4) is 0 Å². The topological polar surface area (TPSA) is 13.1 Å². The van der Waals surface area contributed by atoms with Gasteiger partial charge in [0.2, 0.25) is 0 Å². The van der Waals surface area contributed by atoms with E-state index in [0.29, 0.717) is 21.7 Å². The minimum absolute atomic E-state index is 0.155. The third-order valence-electron chi connectivity index (χ3n) is 9.06. The lowest BCUT2D eigenvalue weighted by Gasteiger charge is -2.20. The molecule has 9 rings (SSSR count). The molecule has 0 saturated carbocycles. The van der Waals surface area contributed by atoms with Crippen molar-refractivity contribution in [3.63, 3.8) is 0 Å². The van der Waals surface area contributed by atoms with Crippen molar-refractivity contribution in [3.05, 3.63) is 138 Å². The molecule has 1 aromatic heterocycles. The van der Waals surface area contributed by atoms with Crippen LogP contribution in [-0.4, -0.2) is 0 Å². The molecule has 8 aromatic rings. The summed E-state index contributed by atoms with van der Waals surface area (Å²) < 4.78 is 37.8. The van der Waals surface area contributed by atoms with Gasteiger partial charge >= 0.3 is 0 Å². The second-order valence-electron chi connectivity index (χ2n) is 11.3. The normalized spacial score (nSPS) is 13.1. The first-order valence-electron chi connectivity index (χ1n) is 14.6. The van der Waals surface area contributed by atoms with Crippen LogP contribution in [0.1, 0.15) is 17.5 Å². The molecular weight excluding hydrogens is 534 g/mol. The highest BCUT2D eigenvalue weighted by molar-refractivity contribution is 6.18. The summed E-state index contributed by atoms with van der Waals surface area (Å²) in [4.78, 5) is 0. The zero-order valence-corrected chi connectivity index (χ0v) is 23.1. The summed E-state index contributed by atoms with van der Waals surface area (Å²) in [6, 6.07) is 35.5. The molecule has 1 heterocycles. The van der Waals surface area contributed by atoms with Gasteiger partial charge in [-0.15, -0.1) is 0 Å². The van der Waals surface area contributed by atoms with Gasteiger partial charge in [0.05, 0.1) is 0 Å². The van der Waals surface area contributed by atoms with E-state index < -0.39 is 0 Å². The van der Waals surface area contributed by atoms with Crippen LogP contribution >= 0.6 is 0 Å². The van der Waals surface area contributed by atoms with Crippen LogP contribution in [0, 0.1) is 11.6 Å². The number of benzene rings is 7. The highest BCUT2D eigenvalue weighted by Crippen LogP contribution is 2.46. The maximum atomic E-state index is 15.7. The smallest absolute Gasteiger partial charge is 0.138 e. The Hall–Kier alpha value is -5.28. The molecule has 0 N–H and O–H groups in total. The Labute approximate surface area is 246 Å². The quantitative estimate of drug-likeness (QED) is 0.192. The van der Waals surface area contributed by atoms with E-state index in [1.807, 2.05) is 91.0 Å². The maximum Gasteiger partial charge on any atom is 0.138 e. The van der Waals surface area contributed by atoms with Crippen molar-refractivity contribution >= 4 is 60.3 Å². The molecule has 0 fully saturated rings. The number of fused-ring (bicyclic) bond motifs is 7. The Morgan fingerprint density at radius 3 is 1.86 bits per heavy atom. The van der Waals surface area contributed by atoms with E-state index in [2.05, 4.69) is 30.3 Å². The van der Waals surface area contributed by atoms with Crippen molar-refractivity contribution in [1.29, 1.82) is 0 Å². The molecule has 1 aliphatic rings. The Bertz CT molecular complexity index is 2420. The van der Waals surface area contributed by atoms with Gasteiger partial charge in [0, 0.05) is 32.5 Å². The van der Waals surface area contributed by atoms with E-state index in [1.165, 1.54) is 0 Å². The van der Waals surface area contributed by atoms with Crippen LogP contribution in [0.5, 0.6) is 0 Å². The molecule has 1 nitrogen and oxygen atoms in total. The number of hydrogen-bond donors (Lipinski definition) is 0. The molecule has 0 atom stereocenters.